The van der Waals surface area contributed by atoms with Gasteiger partial charge in [-0.25, -0.2) is 14.4 Å². The molecule has 0 amide bonds. The van der Waals surface area contributed by atoms with Crippen LogP contribution in [0.15, 0.2) is 35.8 Å². The first-order valence-corrected chi connectivity index (χ1v) is 8.48. The van der Waals surface area contributed by atoms with E-state index >= 15 is 0 Å². The Bertz CT molecular complexity index is 718. The molecule has 2 heterocycles. The van der Waals surface area contributed by atoms with Crippen LogP contribution in [0.5, 0.6) is 0 Å². The van der Waals surface area contributed by atoms with Crippen molar-refractivity contribution in [2.24, 2.45) is 0 Å². The van der Waals surface area contributed by atoms with Crippen LogP contribution in [-0.4, -0.2) is 16.2 Å². The van der Waals surface area contributed by atoms with Crippen molar-refractivity contribution in [2.45, 2.75) is 11.7 Å². The van der Waals surface area contributed by atoms with Gasteiger partial charge >= 0.3 is 0 Å². The smallest absolute Gasteiger partial charge is 0.187 e. The van der Waals surface area contributed by atoms with Crippen LogP contribution < -0.4 is 4.90 Å². The van der Waals surface area contributed by atoms with Gasteiger partial charge in [0.2, 0.25) is 0 Å². The predicted molar refractivity (Wildman–Crippen MR) is 88.3 cm³/mol. The third kappa shape index (κ3) is 2.80. The summed E-state index contributed by atoms with van der Waals surface area (Å²) in [6.07, 6.45) is 5.49. The predicted octanol–water partition coefficient (Wildman–Crippen LogP) is 4.70. The van der Waals surface area contributed by atoms with E-state index in [1.165, 1.54) is 17.8 Å². The number of thioether (sulfide) groups is 1. The molecule has 3 rings (SSSR count). The lowest BCUT2D eigenvalue weighted by atomic mass is 10.1. The summed E-state index contributed by atoms with van der Waals surface area (Å²) in [7, 11) is 0. The monoisotopic (exact) mass is 385 g/mol. The van der Waals surface area contributed by atoms with E-state index in [2.05, 4.69) is 25.9 Å². The number of nitrogens with zero attached hydrogens (tertiary/aromatic N) is 3. The SMILES string of the molecule is CSc1ncc2c(n1)C(Br)=CN(c1c(F)cccc1Cl)C2. The molecular formula is C14H10BrClFN3S. The minimum atomic E-state index is -0.357. The van der Waals surface area contributed by atoms with Gasteiger partial charge in [0.25, 0.3) is 0 Å². The molecule has 0 spiro atoms. The average Bonchev–Trinajstić information content (AvgIpc) is 2.47. The summed E-state index contributed by atoms with van der Waals surface area (Å²) in [6, 6.07) is 4.65. The number of hydrogen-bond donors (Lipinski definition) is 0. The van der Waals surface area contributed by atoms with E-state index in [1.807, 2.05) is 6.26 Å². The van der Waals surface area contributed by atoms with E-state index in [1.54, 1.807) is 29.4 Å². The summed E-state index contributed by atoms with van der Waals surface area (Å²) in [6.45, 7) is 0.472. The standard InChI is InChI=1S/C14H10BrClFN3S/c1-21-14-18-5-8-6-20(7-9(15)12(8)19-14)13-10(16)3-2-4-11(13)17/h2-5,7H,6H2,1H3. The lowest BCUT2D eigenvalue weighted by molar-refractivity contribution is 0.623. The van der Waals surface area contributed by atoms with E-state index in [0.29, 0.717) is 22.4 Å². The average molecular weight is 387 g/mol. The van der Waals surface area contributed by atoms with Crippen LogP contribution >= 0.6 is 39.3 Å². The third-order valence-corrected chi connectivity index (χ3v) is 4.53. The third-order valence-electron chi connectivity index (χ3n) is 3.09. The Kier molecular flexibility index (Phi) is 4.19. The summed E-state index contributed by atoms with van der Waals surface area (Å²) in [4.78, 5) is 10.5. The van der Waals surface area contributed by atoms with Crippen LogP contribution in [-0.2, 0) is 6.54 Å². The van der Waals surface area contributed by atoms with Crippen LogP contribution in [0.3, 0.4) is 0 Å². The molecule has 21 heavy (non-hydrogen) atoms. The Morgan fingerprint density at radius 3 is 2.95 bits per heavy atom. The Hall–Kier alpha value is -1.11. The molecule has 1 aliphatic heterocycles. The van der Waals surface area contributed by atoms with Gasteiger partial charge in [0.1, 0.15) is 5.82 Å². The van der Waals surface area contributed by atoms with Crippen molar-refractivity contribution in [3.05, 3.63) is 52.7 Å². The highest BCUT2D eigenvalue weighted by Crippen LogP contribution is 2.36. The number of aromatic nitrogens is 2. The molecule has 0 radical (unpaired) electrons. The molecule has 0 saturated heterocycles. The second kappa shape index (κ2) is 5.94. The number of fused-ring (bicyclic) bond motifs is 1. The number of anilines is 1. The van der Waals surface area contributed by atoms with Crippen molar-refractivity contribution in [3.63, 3.8) is 0 Å². The first-order chi connectivity index (χ1) is 10.1. The zero-order valence-electron chi connectivity index (χ0n) is 11.0. The van der Waals surface area contributed by atoms with Gasteiger partial charge < -0.3 is 4.90 Å². The largest absolute Gasteiger partial charge is 0.339 e. The lowest BCUT2D eigenvalue weighted by Crippen LogP contribution is -2.22. The van der Waals surface area contributed by atoms with Gasteiger partial charge in [-0.15, -0.1) is 0 Å². The Labute approximate surface area is 139 Å². The van der Waals surface area contributed by atoms with E-state index < -0.39 is 0 Å². The summed E-state index contributed by atoms with van der Waals surface area (Å²) in [5.74, 6) is -0.357. The van der Waals surface area contributed by atoms with E-state index in [4.69, 9.17) is 11.6 Å². The molecule has 1 aliphatic rings. The molecule has 0 saturated carbocycles. The molecule has 7 heteroatoms. The molecule has 0 aliphatic carbocycles. The fourth-order valence-electron chi connectivity index (χ4n) is 2.15. The fourth-order valence-corrected chi connectivity index (χ4v) is 3.35. The molecule has 108 valence electrons. The van der Waals surface area contributed by atoms with Crippen LogP contribution in [0.1, 0.15) is 11.3 Å². The zero-order valence-corrected chi connectivity index (χ0v) is 14.1. The molecule has 1 aromatic heterocycles. The summed E-state index contributed by atoms with van der Waals surface area (Å²) in [5.41, 5.74) is 2.11. The van der Waals surface area contributed by atoms with Gasteiger partial charge in [-0.2, -0.15) is 0 Å². The number of para-hydroxylation sites is 1. The van der Waals surface area contributed by atoms with Gasteiger partial charge in [0, 0.05) is 18.0 Å². The molecule has 3 nitrogen and oxygen atoms in total. The van der Waals surface area contributed by atoms with Crippen molar-refractivity contribution < 1.29 is 4.39 Å². The van der Waals surface area contributed by atoms with Gasteiger partial charge in [-0.1, -0.05) is 29.4 Å². The molecule has 0 N–H and O–H groups in total. The van der Waals surface area contributed by atoms with Crippen molar-refractivity contribution in [3.8, 4) is 0 Å². The lowest BCUT2D eigenvalue weighted by Gasteiger charge is -2.27. The van der Waals surface area contributed by atoms with Crippen molar-refractivity contribution >= 4 is 49.5 Å². The minimum absolute atomic E-state index is 0.357. The number of benzene rings is 1. The van der Waals surface area contributed by atoms with E-state index in [-0.39, 0.29) is 5.82 Å². The maximum absolute atomic E-state index is 14.1. The fraction of sp³-hybridized carbons (Fsp3) is 0.143. The van der Waals surface area contributed by atoms with Crippen LogP contribution in [0.2, 0.25) is 5.02 Å². The van der Waals surface area contributed by atoms with Gasteiger partial charge in [-0.05, 0) is 34.3 Å². The summed E-state index contributed by atoms with van der Waals surface area (Å²) in [5, 5.41) is 1.08. The first-order valence-electron chi connectivity index (χ1n) is 6.08. The maximum atomic E-state index is 14.1. The first kappa shape index (κ1) is 14.8. The molecule has 0 unspecified atom stereocenters. The van der Waals surface area contributed by atoms with E-state index in [0.717, 1.165) is 15.7 Å². The van der Waals surface area contributed by atoms with Crippen LogP contribution in [0.25, 0.3) is 4.48 Å². The number of halogens is 3. The van der Waals surface area contributed by atoms with Gasteiger partial charge in [-0.3, -0.25) is 0 Å². The van der Waals surface area contributed by atoms with Gasteiger partial charge in [0.05, 0.1) is 27.4 Å². The highest BCUT2D eigenvalue weighted by Gasteiger charge is 2.22. The molecule has 2 aromatic rings. The van der Waals surface area contributed by atoms with E-state index in [9.17, 15) is 4.39 Å². The Morgan fingerprint density at radius 1 is 1.43 bits per heavy atom. The van der Waals surface area contributed by atoms with Crippen molar-refractivity contribution in [2.75, 3.05) is 11.2 Å². The highest BCUT2D eigenvalue weighted by molar-refractivity contribution is 9.15. The quantitative estimate of drug-likeness (QED) is 0.552. The Balaban J connectivity index is 2.05. The van der Waals surface area contributed by atoms with Crippen LogP contribution in [0, 0.1) is 5.82 Å². The zero-order chi connectivity index (χ0) is 15.0. The molecule has 1 aromatic carbocycles. The second-order valence-electron chi connectivity index (χ2n) is 4.41. The van der Waals surface area contributed by atoms with Crippen molar-refractivity contribution in [1.82, 2.24) is 9.97 Å². The normalized spacial score (nSPS) is 13.9. The highest BCUT2D eigenvalue weighted by atomic mass is 79.9. The second-order valence-corrected chi connectivity index (χ2v) is 6.44. The molecule has 0 atom stereocenters. The van der Waals surface area contributed by atoms with Gasteiger partial charge in [0.15, 0.2) is 5.16 Å². The topological polar surface area (TPSA) is 29.0 Å². The maximum Gasteiger partial charge on any atom is 0.187 e. The molecule has 0 bridgehead atoms. The van der Waals surface area contributed by atoms with Crippen molar-refractivity contribution in [1.29, 1.82) is 0 Å². The Morgan fingerprint density at radius 2 is 2.24 bits per heavy atom. The van der Waals surface area contributed by atoms with Crippen LogP contribution in [0.4, 0.5) is 10.1 Å². The minimum Gasteiger partial charge on any atom is -0.339 e. The summed E-state index contributed by atoms with van der Waals surface area (Å²) < 4.78 is 14.8. The number of hydrogen-bond acceptors (Lipinski definition) is 4. The number of rotatable bonds is 2. The summed E-state index contributed by atoms with van der Waals surface area (Å²) >= 11 is 11.1. The molecular weight excluding hydrogens is 377 g/mol. The molecule has 0 fully saturated rings.